The van der Waals surface area contributed by atoms with Crippen LogP contribution < -0.4 is 0 Å². The van der Waals surface area contributed by atoms with Gasteiger partial charge in [0, 0.05) is 6.61 Å². The predicted octanol–water partition coefficient (Wildman–Crippen LogP) is 0.810. The fourth-order valence-corrected chi connectivity index (χ4v) is 0.696. The molecule has 0 aliphatic heterocycles. The Labute approximate surface area is 68.3 Å². The molecule has 0 rings (SSSR count). The topological polar surface area (TPSA) is 38.7 Å². The highest BCUT2D eigenvalue weighted by Crippen LogP contribution is 1.91. The van der Waals surface area contributed by atoms with E-state index in [2.05, 4.69) is 6.92 Å². The zero-order chi connectivity index (χ0) is 8.53. The molecule has 0 heterocycles. The van der Waals surface area contributed by atoms with Gasteiger partial charge in [0.1, 0.15) is 0 Å². The van der Waals surface area contributed by atoms with Crippen LogP contribution in [0.15, 0.2) is 0 Å². The lowest BCUT2D eigenvalue weighted by molar-refractivity contribution is -0.0180. The fraction of sp³-hybridized carbons (Fsp3) is 1.00. The molecule has 0 spiro atoms. The summed E-state index contributed by atoms with van der Waals surface area (Å²) in [5.41, 5.74) is 0. The molecule has 68 valence electrons. The summed E-state index contributed by atoms with van der Waals surface area (Å²) in [6, 6.07) is 0. The Morgan fingerprint density at radius 1 is 1.36 bits per heavy atom. The molecule has 1 N–H and O–H groups in total. The molecule has 0 aromatic heterocycles. The molecule has 0 saturated heterocycles. The average Bonchev–Trinajstić information content (AvgIpc) is 2.01. The van der Waals surface area contributed by atoms with Crippen molar-refractivity contribution >= 4 is 0 Å². The van der Waals surface area contributed by atoms with Gasteiger partial charge in [0.25, 0.3) is 0 Å². The van der Waals surface area contributed by atoms with E-state index >= 15 is 0 Å². The van der Waals surface area contributed by atoms with Gasteiger partial charge in [0.15, 0.2) is 0 Å². The number of aliphatic hydroxyl groups is 1. The third kappa shape index (κ3) is 7.78. The Bertz CT molecular complexity index is 75.7. The van der Waals surface area contributed by atoms with E-state index in [1.807, 2.05) is 6.92 Å². The van der Waals surface area contributed by atoms with E-state index in [0.29, 0.717) is 13.2 Å². The number of hydrogen-bond donors (Lipinski definition) is 1. The zero-order valence-corrected chi connectivity index (χ0v) is 7.38. The monoisotopic (exact) mass is 162 g/mol. The Morgan fingerprint density at radius 2 is 2.09 bits per heavy atom. The van der Waals surface area contributed by atoms with Crippen LogP contribution in [0.1, 0.15) is 20.3 Å². The third-order valence-corrected chi connectivity index (χ3v) is 1.19. The summed E-state index contributed by atoms with van der Waals surface area (Å²) in [6.45, 7) is 5.89. The van der Waals surface area contributed by atoms with Gasteiger partial charge in [-0.05, 0) is 13.3 Å². The molecule has 0 aliphatic carbocycles. The lowest BCUT2D eigenvalue weighted by Gasteiger charge is -2.11. The summed E-state index contributed by atoms with van der Waals surface area (Å²) in [7, 11) is 0. The van der Waals surface area contributed by atoms with Crippen LogP contribution in [0.5, 0.6) is 0 Å². The first-order chi connectivity index (χ1) is 5.31. The SMILES string of the molecule is CCCOCC(C)OCCO. The van der Waals surface area contributed by atoms with Gasteiger partial charge in [-0.25, -0.2) is 0 Å². The smallest absolute Gasteiger partial charge is 0.0781 e. The second-order valence-corrected chi connectivity index (χ2v) is 2.48. The van der Waals surface area contributed by atoms with E-state index < -0.39 is 0 Å². The summed E-state index contributed by atoms with van der Waals surface area (Å²) >= 11 is 0. The number of rotatable bonds is 7. The molecular weight excluding hydrogens is 144 g/mol. The van der Waals surface area contributed by atoms with Crippen LogP contribution in [-0.2, 0) is 9.47 Å². The normalized spacial score (nSPS) is 13.4. The molecule has 1 atom stereocenters. The maximum Gasteiger partial charge on any atom is 0.0781 e. The molecule has 0 aromatic rings. The van der Waals surface area contributed by atoms with Crippen molar-refractivity contribution in [3.8, 4) is 0 Å². The molecule has 0 bridgehead atoms. The quantitative estimate of drug-likeness (QED) is 0.563. The van der Waals surface area contributed by atoms with Crippen molar-refractivity contribution in [1.82, 2.24) is 0 Å². The maximum absolute atomic E-state index is 8.42. The van der Waals surface area contributed by atoms with E-state index in [0.717, 1.165) is 13.0 Å². The maximum atomic E-state index is 8.42. The first kappa shape index (κ1) is 10.9. The van der Waals surface area contributed by atoms with Gasteiger partial charge < -0.3 is 14.6 Å². The van der Waals surface area contributed by atoms with Crippen LogP contribution >= 0.6 is 0 Å². The minimum absolute atomic E-state index is 0.0815. The van der Waals surface area contributed by atoms with Crippen molar-refractivity contribution < 1.29 is 14.6 Å². The minimum Gasteiger partial charge on any atom is -0.394 e. The van der Waals surface area contributed by atoms with Crippen molar-refractivity contribution in [3.05, 3.63) is 0 Å². The molecule has 0 aromatic carbocycles. The molecule has 0 fully saturated rings. The Morgan fingerprint density at radius 3 is 2.64 bits per heavy atom. The molecule has 0 saturated carbocycles. The molecule has 0 amide bonds. The lowest BCUT2D eigenvalue weighted by Crippen LogP contribution is -2.18. The van der Waals surface area contributed by atoms with Crippen LogP contribution in [0.2, 0.25) is 0 Å². The van der Waals surface area contributed by atoms with E-state index in [4.69, 9.17) is 14.6 Å². The highest BCUT2D eigenvalue weighted by atomic mass is 16.5. The van der Waals surface area contributed by atoms with Crippen molar-refractivity contribution in [2.75, 3.05) is 26.4 Å². The zero-order valence-electron chi connectivity index (χ0n) is 7.38. The Kier molecular flexibility index (Phi) is 7.89. The first-order valence-electron chi connectivity index (χ1n) is 4.11. The van der Waals surface area contributed by atoms with Crippen molar-refractivity contribution in [2.24, 2.45) is 0 Å². The Balaban J connectivity index is 3.02. The minimum atomic E-state index is 0.0815. The molecule has 0 aliphatic rings. The van der Waals surface area contributed by atoms with Crippen LogP contribution in [0.25, 0.3) is 0 Å². The van der Waals surface area contributed by atoms with Crippen molar-refractivity contribution in [2.45, 2.75) is 26.4 Å². The summed E-state index contributed by atoms with van der Waals surface area (Å²) < 4.78 is 10.4. The van der Waals surface area contributed by atoms with E-state index in [9.17, 15) is 0 Å². The standard InChI is InChI=1S/C8H18O3/c1-3-5-10-7-8(2)11-6-4-9/h8-9H,3-7H2,1-2H3. The fourth-order valence-electron chi connectivity index (χ4n) is 0.696. The van der Waals surface area contributed by atoms with Crippen LogP contribution in [-0.4, -0.2) is 37.6 Å². The van der Waals surface area contributed by atoms with Crippen molar-refractivity contribution in [1.29, 1.82) is 0 Å². The highest BCUT2D eigenvalue weighted by molar-refractivity contribution is 4.46. The van der Waals surface area contributed by atoms with Gasteiger partial charge in [0.05, 0.1) is 25.9 Å². The van der Waals surface area contributed by atoms with Gasteiger partial charge in [-0.3, -0.25) is 0 Å². The third-order valence-electron chi connectivity index (χ3n) is 1.19. The molecular formula is C8H18O3. The van der Waals surface area contributed by atoms with Gasteiger partial charge in [0.2, 0.25) is 0 Å². The number of ether oxygens (including phenoxy) is 2. The van der Waals surface area contributed by atoms with E-state index in [-0.39, 0.29) is 12.7 Å². The van der Waals surface area contributed by atoms with Gasteiger partial charge in [-0.2, -0.15) is 0 Å². The molecule has 0 radical (unpaired) electrons. The number of hydrogen-bond acceptors (Lipinski definition) is 3. The van der Waals surface area contributed by atoms with Gasteiger partial charge in [-0.15, -0.1) is 0 Å². The van der Waals surface area contributed by atoms with Gasteiger partial charge in [-0.1, -0.05) is 6.92 Å². The van der Waals surface area contributed by atoms with Crippen LogP contribution in [0.4, 0.5) is 0 Å². The molecule has 3 heteroatoms. The number of aliphatic hydroxyl groups excluding tert-OH is 1. The summed E-state index contributed by atoms with van der Waals surface area (Å²) in [6.07, 6.45) is 1.13. The second-order valence-electron chi connectivity index (χ2n) is 2.48. The molecule has 1 unspecified atom stereocenters. The largest absolute Gasteiger partial charge is 0.394 e. The van der Waals surface area contributed by atoms with Crippen LogP contribution in [0.3, 0.4) is 0 Å². The summed E-state index contributed by atoms with van der Waals surface area (Å²) in [5, 5.41) is 8.42. The highest BCUT2D eigenvalue weighted by Gasteiger charge is 1.99. The van der Waals surface area contributed by atoms with Crippen LogP contribution in [0, 0.1) is 0 Å². The summed E-state index contributed by atoms with van der Waals surface area (Å²) in [4.78, 5) is 0. The molecule has 11 heavy (non-hydrogen) atoms. The van der Waals surface area contributed by atoms with Crippen molar-refractivity contribution in [3.63, 3.8) is 0 Å². The Hall–Kier alpha value is -0.120. The summed E-state index contributed by atoms with van der Waals surface area (Å²) in [5.74, 6) is 0. The first-order valence-corrected chi connectivity index (χ1v) is 4.11. The van der Waals surface area contributed by atoms with E-state index in [1.165, 1.54) is 0 Å². The average molecular weight is 162 g/mol. The lowest BCUT2D eigenvalue weighted by atomic mass is 10.4. The molecule has 3 nitrogen and oxygen atoms in total. The predicted molar refractivity (Wildman–Crippen MR) is 43.6 cm³/mol. The second kappa shape index (κ2) is 7.98. The van der Waals surface area contributed by atoms with Gasteiger partial charge >= 0.3 is 0 Å². The van der Waals surface area contributed by atoms with E-state index in [1.54, 1.807) is 0 Å².